The van der Waals surface area contributed by atoms with Crippen molar-refractivity contribution in [3.8, 4) is 5.69 Å². The fourth-order valence-electron chi connectivity index (χ4n) is 4.01. The van der Waals surface area contributed by atoms with Gasteiger partial charge in [0.1, 0.15) is 5.69 Å². The SMILES string of the molecule is CC1(C(O)C(=O)Nc2ccc3c(N)noc3c2)OCCN(c2ccn(-c3ccnc(C(F)(F)F)c3)n2)C1=O. The number of anilines is 3. The second-order valence-corrected chi connectivity index (χ2v) is 8.60. The maximum atomic E-state index is 13.4. The van der Waals surface area contributed by atoms with Crippen LogP contribution in [0.25, 0.3) is 16.7 Å². The van der Waals surface area contributed by atoms with E-state index in [1.807, 2.05) is 0 Å². The fraction of sp³-hybridized carbons (Fsp3) is 0.261. The molecule has 0 bridgehead atoms. The van der Waals surface area contributed by atoms with Gasteiger partial charge in [0, 0.05) is 30.2 Å². The van der Waals surface area contributed by atoms with Gasteiger partial charge in [0.2, 0.25) is 0 Å². The molecular formula is C23H20F3N7O5. The Morgan fingerprint density at radius 1 is 1.26 bits per heavy atom. The van der Waals surface area contributed by atoms with Crippen molar-refractivity contribution in [1.29, 1.82) is 0 Å². The normalized spacial score (nSPS) is 19.1. The molecule has 3 aromatic heterocycles. The highest BCUT2D eigenvalue weighted by molar-refractivity contribution is 6.06. The van der Waals surface area contributed by atoms with Crippen LogP contribution in [0.3, 0.4) is 0 Å². The molecule has 1 aromatic carbocycles. The lowest BCUT2D eigenvalue weighted by molar-refractivity contribution is -0.170. The number of nitrogen functional groups attached to an aromatic ring is 1. The first-order valence-corrected chi connectivity index (χ1v) is 11.2. The average molecular weight is 531 g/mol. The Balaban J connectivity index is 1.34. The van der Waals surface area contributed by atoms with Crippen molar-refractivity contribution >= 4 is 40.1 Å². The molecule has 2 atom stereocenters. The highest BCUT2D eigenvalue weighted by atomic mass is 19.4. The largest absolute Gasteiger partial charge is 0.433 e. The van der Waals surface area contributed by atoms with Crippen molar-refractivity contribution in [3.63, 3.8) is 0 Å². The van der Waals surface area contributed by atoms with Gasteiger partial charge in [0.15, 0.2) is 28.9 Å². The number of ether oxygens (including phenoxy) is 1. The van der Waals surface area contributed by atoms with Crippen LogP contribution in [-0.2, 0) is 20.5 Å². The summed E-state index contributed by atoms with van der Waals surface area (Å²) in [6.45, 7) is 1.26. The molecule has 38 heavy (non-hydrogen) atoms. The number of aliphatic hydroxyl groups excluding tert-OH is 1. The number of halogens is 3. The number of amides is 2. The zero-order chi connectivity index (χ0) is 27.2. The van der Waals surface area contributed by atoms with E-state index in [9.17, 15) is 27.9 Å². The van der Waals surface area contributed by atoms with Gasteiger partial charge in [0.05, 0.1) is 24.2 Å². The number of aliphatic hydroxyl groups is 1. The van der Waals surface area contributed by atoms with E-state index in [0.29, 0.717) is 11.0 Å². The lowest BCUT2D eigenvalue weighted by Crippen LogP contribution is -2.63. The van der Waals surface area contributed by atoms with Gasteiger partial charge in [-0.3, -0.25) is 19.5 Å². The Morgan fingerprint density at radius 3 is 2.82 bits per heavy atom. The predicted molar refractivity (Wildman–Crippen MR) is 126 cm³/mol. The van der Waals surface area contributed by atoms with Gasteiger partial charge in [-0.25, -0.2) is 4.68 Å². The van der Waals surface area contributed by atoms with Gasteiger partial charge in [-0.2, -0.15) is 13.2 Å². The maximum absolute atomic E-state index is 13.4. The summed E-state index contributed by atoms with van der Waals surface area (Å²) in [7, 11) is 0. The van der Waals surface area contributed by atoms with Crippen molar-refractivity contribution < 1.29 is 37.1 Å². The van der Waals surface area contributed by atoms with Crippen LogP contribution in [0, 0.1) is 0 Å². The Morgan fingerprint density at radius 2 is 2.05 bits per heavy atom. The summed E-state index contributed by atoms with van der Waals surface area (Å²) >= 11 is 0. The fourth-order valence-corrected chi connectivity index (χ4v) is 4.01. The van der Waals surface area contributed by atoms with Crippen molar-refractivity contribution in [3.05, 3.63) is 54.5 Å². The third kappa shape index (κ3) is 4.41. The van der Waals surface area contributed by atoms with E-state index in [1.165, 1.54) is 42.3 Å². The van der Waals surface area contributed by atoms with Crippen molar-refractivity contribution in [1.82, 2.24) is 19.9 Å². The molecule has 1 aliphatic heterocycles. The first-order chi connectivity index (χ1) is 18.0. The standard InChI is InChI=1S/C23H20F3N7O5/c1-22(18(34)20(35)29-12-2-3-14-15(10-12)38-31-19(14)27)21(36)32(8-9-37-22)17-5-7-33(30-17)13-4-6-28-16(11-13)23(24,25)26/h2-7,10-11,18,34H,8-9H2,1H3,(H2,27,31)(H,29,35). The summed E-state index contributed by atoms with van der Waals surface area (Å²) < 4.78 is 50.9. The molecule has 12 nitrogen and oxygen atoms in total. The number of rotatable bonds is 5. The lowest BCUT2D eigenvalue weighted by atomic mass is 9.94. The number of pyridine rings is 1. The van der Waals surface area contributed by atoms with E-state index in [4.69, 9.17) is 15.0 Å². The van der Waals surface area contributed by atoms with E-state index in [0.717, 1.165) is 16.9 Å². The number of alkyl halides is 3. The topological polar surface area (TPSA) is 162 Å². The maximum Gasteiger partial charge on any atom is 0.433 e. The van der Waals surface area contributed by atoms with Crippen molar-refractivity contribution in [2.75, 3.05) is 29.1 Å². The minimum atomic E-state index is -4.64. The second-order valence-electron chi connectivity index (χ2n) is 8.60. The van der Waals surface area contributed by atoms with Gasteiger partial charge < -0.3 is 25.4 Å². The quantitative estimate of drug-likeness (QED) is 0.350. The molecule has 0 spiro atoms. The monoisotopic (exact) mass is 531 g/mol. The number of nitrogens with zero attached hydrogens (tertiary/aromatic N) is 5. The average Bonchev–Trinajstić information content (AvgIpc) is 3.52. The first-order valence-electron chi connectivity index (χ1n) is 11.2. The van der Waals surface area contributed by atoms with Crippen LogP contribution in [0.15, 0.2) is 53.3 Å². The predicted octanol–water partition coefficient (Wildman–Crippen LogP) is 2.13. The number of benzene rings is 1. The van der Waals surface area contributed by atoms with E-state index < -0.39 is 35.4 Å². The van der Waals surface area contributed by atoms with Crippen LogP contribution in [0.2, 0.25) is 0 Å². The first kappa shape index (κ1) is 25.2. The van der Waals surface area contributed by atoms with Gasteiger partial charge in [-0.05, 0) is 31.2 Å². The summed E-state index contributed by atoms with van der Waals surface area (Å²) in [6, 6.07) is 8.12. The molecular weight excluding hydrogens is 511 g/mol. The molecule has 1 saturated heterocycles. The third-order valence-corrected chi connectivity index (χ3v) is 6.07. The van der Waals surface area contributed by atoms with Crippen LogP contribution >= 0.6 is 0 Å². The number of nitrogens with two attached hydrogens (primary N) is 1. The van der Waals surface area contributed by atoms with Gasteiger partial charge in [-0.1, -0.05) is 5.16 Å². The smallest absolute Gasteiger partial charge is 0.380 e. The molecule has 2 unspecified atom stereocenters. The van der Waals surface area contributed by atoms with Crippen LogP contribution < -0.4 is 16.0 Å². The van der Waals surface area contributed by atoms with Gasteiger partial charge in [0.25, 0.3) is 11.8 Å². The molecule has 1 aliphatic rings. The molecule has 2 amide bonds. The highest BCUT2D eigenvalue weighted by Gasteiger charge is 2.51. The summed E-state index contributed by atoms with van der Waals surface area (Å²) in [5.74, 6) is -1.41. The van der Waals surface area contributed by atoms with Crippen LogP contribution in [0.5, 0.6) is 0 Å². The van der Waals surface area contributed by atoms with Crippen molar-refractivity contribution in [2.45, 2.75) is 24.8 Å². The minimum Gasteiger partial charge on any atom is -0.380 e. The summed E-state index contributed by atoms with van der Waals surface area (Å²) in [5.41, 5.74) is 3.25. The molecule has 5 rings (SSSR count). The molecule has 0 aliphatic carbocycles. The van der Waals surface area contributed by atoms with E-state index in [1.54, 1.807) is 6.07 Å². The van der Waals surface area contributed by atoms with Crippen LogP contribution in [0.1, 0.15) is 12.6 Å². The molecule has 4 N–H and O–H groups in total. The van der Waals surface area contributed by atoms with E-state index in [2.05, 4.69) is 20.6 Å². The number of morpholine rings is 1. The summed E-state index contributed by atoms with van der Waals surface area (Å²) in [4.78, 5) is 30.7. The number of carbonyl (C=O) groups excluding carboxylic acids is 2. The number of nitrogens with one attached hydrogen (secondary N) is 1. The lowest BCUT2D eigenvalue weighted by Gasteiger charge is -2.40. The Labute approximate surface area is 211 Å². The Hall–Kier alpha value is -4.50. The zero-order valence-corrected chi connectivity index (χ0v) is 19.6. The molecule has 198 valence electrons. The highest BCUT2D eigenvalue weighted by Crippen LogP contribution is 2.31. The molecule has 0 radical (unpaired) electrons. The number of carbonyl (C=O) groups is 2. The van der Waals surface area contributed by atoms with Gasteiger partial charge in [-0.15, -0.1) is 5.10 Å². The molecule has 1 fully saturated rings. The van der Waals surface area contributed by atoms with Gasteiger partial charge >= 0.3 is 6.18 Å². The van der Waals surface area contributed by atoms with Crippen molar-refractivity contribution in [2.24, 2.45) is 0 Å². The van der Waals surface area contributed by atoms with E-state index in [-0.39, 0.29) is 36.2 Å². The molecule has 4 heterocycles. The summed E-state index contributed by atoms with van der Waals surface area (Å²) in [5, 5.41) is 21.7. The Kier molecular flexibility index (Phi) is 6.03. The third-order valence-electron chi connectivity index (χ3n) is 6.07. The molecule has 4 aromatic rings. The second kappa shape index (κ2) is 9.11. The number of fused-ring (bicyclic) bond motifs is 1. The minimum absolute atomic E-state index is 0.0352. The Bertz CT molecular complexity index is 1540. The van der Waals surface area contributed by atoms with Crippen LogP contribution in [-0.4, -0.2) is 61.7 Å². The molecule has 15 heteroatoms. The number of hydrogen-bond acceptors (Lipinski definition) is 9. The summed E-state index contributed by atoms with van der Waals surface area (Å²) in [6.07, 6.45) is -4.19. The van der Waals surface area contributed by atoms with Crippen LogP contribution in [0.4, 0.5) is 30.5 Å². The molecule has 0 saturated carbocycles. The zero-order valence-electron chi connectivity index (χ0n) is 19.6. The number of hydrogen-bond donors (Lipinski definition) is 3. The number of aromatic nitrogens is 4. The van der Waals surface area contributed by atoms with E-state index >= 15 is 0 Å².